The molecule has 0 aliphatic rings. The number of halogens is 4. The molecule has 0 atom stereocenters. The van der Waals surface area contributed by atoms with Crippen LogP contribution < -0.4 is 11.1 Å². The Morgan fingerprint density at radius 2 is 1.94 bits per heavy atom. The molecule has 0 saturated carbocycles. The molecule has 0 aliphatic carbocycles. The monoisotopic (exact) mass is 480 g/mol. The molecule has 0 aromatic carbocycles. The predicted octanol–water partition coefficient (Wildman–Crippen LogP) is 3.93. The Kier molecular flexibility index (Phi) is 7.71. The number of nitrogens with one attached hydrogen (secondary N) is 1. The van der Waals surface area contributed by atoms with Gasteiger partial charge in [-0.25, -0.2) is 4.79 Å². The van der Waals surface area contributed by atoms with Gasteiger partial charge in [0.25, 0.3) is 5.91 Å². The van der Waals surface area contributed by atoms with E-state index >= 15 is 0 Å². The van der Waals surface area contributed by atoms with Crippen LogP contribution in [0.1, 0.15) is 56.7 Å². The second-order valence-electron chi connectivity index (χ2n) is 6.53. The average molecular weight is 481 g/mol. The molecule has 0 saturated heterocycles. The van der Waals surface area contributed by atoms with E-state index in [9.17, 15) is 27.6 Å². The molecule has 0 unspecified atom stereocenters. The van der Waals surface area contributed by atoms with Crippen molar-refractivity contribution in [2.45, 2.75) is 46.3 Å². The highest BCUT2D eigenvalue weighted by Crippen LogP contribution is 2.36. The van der Waals surface area contributed by atoms with E-state index in [0.29, 0.717) is 6.42 Å². The van der Waals surface area contributed by atoms with Crippen molar-refractivity contribution in [3.63, 3.8) is 0 Å². The Morgan fingerprint density at radius 1 is 1.29 bits per heavy atom. The number of aryl methyl sites for hydroxylation is 1. The van der Waals surface area contributed by atoms with Crippen LogP contribution in [0, 0.1) is 13.8 Å². The van der Waals surface area contributed by atoms with Crippen molar-refractivity contribution in [1.29, 1.82) is 0 Å². The van der Waals surface area contributed by atoms with Crippen LogP contribution in [0.5, 0.6) is 0 Å². The number of primary amides is 1. The summed E-state index contributed by atoms with van der Waals surface area (Å²) in [6.07, 6.45) is -4.41. The molecule has 0 bridgehead atoms. The van der Waals surface area contributed by atoms with Crippen LogP contribution >= 0.6 is 22.9 Å². The summed E-state index contributed by atoms with van der Waals surface area (Å²) in [6.45, 7) is 4.62. The van der Waals surface area contributed by atoms with Crippen molar-refractivity contribution in [1.82, 2.24) is 9.78 Å². The number of aromatic nitrogens is 2. The zero-order valence-corrected chi connectivity index (χ0v) is 18.4. The molecular weight excluding hydrogens is 461 g/mol. The second-order valence-corrected chi connectivity index (χ2v) is 7.93. The van der Waals surface area contributed by atoms with Gasteiger partial charge < -0.3 is 15.8 Å². The van der Waals surface area contributed by atoms with Gasteiger partial charge in [0.15, 0.2) is 5.69 Å². The summed E-state index contributed by atoms with van der Waals surface area (Å²) >= 11 is 6.51. The first kappa shape index (κ1) is 24.7. The van der Waals surface area contributed by atoms with Gasteiger partial charge in [-0.2, -0.15) is 18.3 Å². The maximum absolute atomic E-state index is 12.9. The van der Waals surface area contributed by atoms with Crippen LogP contribution in [0.3, 0.4) is 0 Å². The number of hydrogen-bond donors (Lipinski definition) is 2. The largest absolute Gasteiger partial charge is 0.462 e. The van der Waals surface area contributed by atoms with Crippen molar-refractivity contribution in [2.75, 3.05) is 11.9 Å². The lowest BCUT2D eigenvalue weighted by atomic mass is 10.1. The van der Waals surface area contributed by atoms with Crippen molar-refractivity contribution in [2.24, 2.45) is 5.73 Å². The number of ether oxygens (including phenoxy) is 1. The van der Waals surface area contributed by atoms with E-state index < -0.39 is 34.7 Å². The van der Waals surface area contributed by atoms with Gasteiger partial charge in [-0.05, 0) is 25.8 Å². The van der Waals surface area contributed by atoms with Gasteiger partial charge in [0.2, 0.25) is 5.91 Å². The first-order valence-electron chi connectivity index (χ1n) is 9.08. The van der Waals surface area contributed by atoms with E-state index in [1.807, 2.05) is 0 Å². The molecule has 3 N–H and O–H groups in total. The summed E-state index contributed by atoms with van der Waals surface area (Å²) in [6, 6.07) is 0. The number of alkyl halides is 3. The first-order valence-corrected chi connectivity index (χ1v) is 10.3. The van der Waals surface area contributed by atoms with Crippen LogP contribution in [0.4, 0.5) is 18.2 Å². The summed E-state index contributed by atoms with van der Waals surface area (Å²) in [4.78, 5) is 36.5. The average Bonchev–Trinajstić information content (AvgIpc) is 3.15. The number of nitrogens with two attached hydrogens (primary N) is 1. The summed E-state index contributed by atoms with van der Waals surface area (Å²) < 4.78 is 44.8. The zero-order valence-electron chi connectivity index (χ0n) is 16.9. The number of thiophene rings is 1. The molecule has 8 nitrogen and oxygen atoms in total. The maximum atomic E-state index is 12.9. The van der Waals surface area contributed by atoms with Crippen molar-refractivity contribution >= 4 is 45.7 Å². The third-order valence-corrected chi connectivity index (χ3v) is 5.89. The van der Waals surface area contributed by atoms with Crippen molar-refractivity contribution in [3.05, 3.63) is 32.4 Å². The number of rotatable bonds is 8. The number of esters is 1. The van der Waals surface area contributed by atoms with Gasteiger partial charge in [-0.1, -0.05) is 18.5 Å². The van der Waals surface area contributed by atoms with Gasteiger partial charge in [0.1, 0.15) is 5.00 Å². The number of hydrogen-bond acceptors (Lipinski definition) is 6. The number of nitrogens with zero attached hydrogens (tertiary/aromatic N) is 2. The summed E-state index contributed by atoms with van der Waals surface area (Å²) in [5.41, 5.74) is 4.44. The van der Waals surface area contributed by atoms with E-state index in [2.05, 4.69) is 10.4 Å². The minimum atomic E-state index is -4.72. The molecule has 2 aromatic rings. The number of carbonyl (C=O) groups is 3. The highest BCUT2D eigenvalue weighted by Gasteiger charge is 2.38. The molecule has 0 spiro atoms. The lowest BCUT2D eigenvalue weighted by molar-refractivity contribution is -0.141. The molecule has 0 radical (unpaired) electrons. The SMILES string of the molecule is CCCOC(=O)c1c(NC(=O)CCn2nc(C(F)(F)F)c(Cl)c2C)sc(C(N)=O)c1C. The predicted molar refractivity (Wildman–Crippen MR) is 108 cm³/mol. The molecule has 170 valence electrons. The van der Waals surface area contributed by atoms with Crippen LogP contribution in [-0.4, -0.2) is 34.2 Å². The van der Waals surface area contributed by atoms with E-state index in [1.54, 1.807) is 6.92 Å². The summed E-state index contributed by atoms with van der Waals surface area (Å²) in [5.74, 6) is -2.10. The van der Waals surface area contributed by atoms with E-state index in [4.69, 9.17) is 22.1 Å². The van der Waals surface area contributed by atoms with Crippen LogP contribution in [0.2, 0.25) is 5.02 Å². The van der Waals surface area contributed by atoms with Gasteiger partial charge in [-0.15, -0.1) is 11.3 Å². The van der Waals surface area contributed by atoms with E-state index in [-0.39, 0.29) is 46.3 Å². The van der Waals surface area contributed by atoms with Crippen LogP contribution in [0.15, 0.2) is 0 Å². The normalized spacial score (nSPS) is 11.5. The molecule has 31 heavy (non-hydrogen) atoms. The molecule has 2 aromatic heterocycles. The minimum absolute atomic E-state index is 0.0123. The van der Waals surface area contributed by atoms with Crippen molar-refractivity contribution in [3.8, 4) is 0 Å². The summed E-state index contributed by atoms with van der Waals surface area (Å²) in [7, 11) is 0. The second kappa shape index (κ2) is 9.69. The van der Waals surface area contributed by atoms with E-state index in [1.165, 1.54) is 13.8 Å². The topological polar surface area (TPSA) is 116 Å². The third kappa shape index (κ3) is 5.56. The standard InChI is InChI=1S/C18H20ClF3N4O4S/c1-4-7-30-17(29)11-8(2)13(15(23)28)31-16(11)24-10(27)5-6-26-9(3)12(19)14(25-26)18(20,21)22/h4-7H2,1-3H3,(H2,23,28)(H,24,27). The highest BCUT2D eigenvalue weighted by atomic mass is 35.5. The molecule has 2 rings (SSSR count). The van der Waals surface area contributed by atoms with Crippen molar-refractivity contribution < 1.29 is 32.3 Å². The fraction of sp³-hybridized carbons (Fsp3) is 0.444. The Balaban J connectivity index is 2.20. The van der Waals surface area contributed by atoms with Crippen LogP contribution in [-0.2, 0) is 22.3 Å². The fourth-order valence-electron chi connectivity index (χ4n) is 2.67. The molecule has 2 heterocycles. The molecule has 0 aliphatic heterocycles. The fourth-order valence-corrected chi connectivity index (χ4v) is 3.97. The Bertz CT molecular complexity index is 1020. The van der Waals surface area contributed by atoms with Crippen LogP contribution in [0.25, 0.3) is 0 Å². The third-order valence-electron chi connectivity index (χ3n) is 4.22. The number of carbonyl (C=O) groups excluding carboxylic acids is 3. The maximum Gasteiger partial charge on any atom is 0.436 e. The van der Waals surface area contributed by atoms with Gasteiger partial charge in [0.05, 0.1) is 34.3 Å². The Labute approximate surface area is 184 Å². The minimum Gasteiger partial charge on any atom is -0.462 e. The Morgan fingerprint density at radius 3 is 2.45 bits per heavy atom. The lowest BCUT2D eigenvalue weighted by Gasteiger charge is -2.08. The van der Waals surface area contributed by atoms with Gasteiger partial charge in [-0.3, -0.25) is 14.3 Å². The molecule has 2 amide bonds. The van der Waals surface area contributed by atoms with Gasteiger partial charge in [0, 0.05) is 6.42 Å². The van der Waals surface area contributed by atoms with Gasteiger partial charge >= 0.3 is 12.1 Å². The number of amides is 2. The zero-order chi connectivity index (χ0) is 23.5. The molecule has 13 heteroatoms. The Hall–Kier alpha value is -2.60. The summed E-state index contributed by atoms with van der Waals surface area (Å²) in [5, 5.41) is 5.47. The molecular formula is C18H20ClF3N4O4S. The first-order chi connectivity index (χ1) is 14.4. The highest BCUT2D eigenvalue weighted by molar-refractivity contribution is 7.18. The quantitative estimate of drug-likeness (QED) is 0.555. The lowest BCUT2D eigenvalue weighted by Crippen LogP contribution is -2.17. The van der Waals surface area contributed by atoms with E-state index in [0.717, 1.165) is 16.0 Å². The smallest absolute Gasteiger partial charge is 0.436 e. The molecule has 0 fully saturated rings. The number of anilines is 1.